The highest BCUT2D eigenvalue weighted by atomic mass is 16.4. The summed E-state index contributed by atoms with van der Waals surface area (Å²) in [5.41, 5.74) is 0. The van der Waals surface area contributed by atoms with E-state index in [4.69, 9.17) is 5.11 Å². The molecule has 1 N–H and O–H groups in total. The molecule has 17 heavy (non-hydrogen) atoms. The van der Waals surface area contributed by atoms with Crippen LogP contribution in [-0.4, -0.2) is 61.6 Å². The van der Waals surface area contributed by atoms with Gasteiger partial charge in [0.05, 0.1) is 0 Å². The summed E-state index contributed by atoms with van der Waals surface area (Å²) in [6.07, 6.45) is 2.60. The first-order valence-corrected chi connectivity index (χ1v) is 5.97. The molecule has 0 aromatic carbocycles. The third kappa shape index (κ3) is 12.7. The van der Waals surface area contributed by atoms with Crippen LogP contribution >= 0.6 is 0 Å². The monoisotopic (exact) mass is 245 g/mol. The Bertz CT molecular complexity index is 216. The van der Waals surface area contributed by atoms with E-state index in [1.54, 1.807) is 6.92 Å². The molecular weight excluding hydrogens is 218 g/mol. The van der Waals surface area contributed by atoms with Gasteiger partial charge < -0.3 is 14.9 Å². The Morgan fingerprint density at radius 1 is 1.12 bits per heavy atom. The summed E-state index contributed by atoms with van der Waals surface area (Å²) in [6, 6.07) is 0. The molecular formula is C12H27N3O2. The van der Waals surface area contributed by atoms with E-state index in [0.717, 1.165) is 12.5 Å². The highest BCUT2D eigenvalue weighted by Crippen LogP contribution is 1.92. The SMILES string of the molecule is CCC(=O)O.CCCCN=C(N(C)C)N(C)C. The molecule has 0 saturated heterocycles. The summed E-state index contributed by atoms with van der Waals surface area (Å²) < 4.78 is 0. The predicted molar refractivity (Wildman–Crippen MR) is 72.5 cm³/mol. The molecule has 0 fully saturated rings. The van der Waals surface area contributed by atoms with E-state index in [2.05, 4.69) is 11.9 Å². The number of carbonyl (C=O) groups is 1. The number of guanidine groups is 1. The van der Waals surface area contributed by atoms with Crippen LogP contribution in [-0.2, 0) is 4.79 Å². The first kappa shape index (κ1) is 18.1. The fourth-order valence-electron chi connectivity index (χ4n) is 1.02. The van der Waals surface area contributed by atoms with Crippen molar-refractivity contribution in [3.8, 4) is 0 Å². The summed E-state index contributed by atoms with van der Waals surface area (Å²) >= 11 is 0. The van der Waals surface area contributed by atoms with Gasteiger partial charge in [0.2, 0.25) is 0 Å². The van der Waals surface area contributed by atoms with E-state index in [1.807, 2.05) is 38.0 Å². The van der Waals surface area contributed by atoms with Crippen LogP contribution < -0.4 is 0 Å². The normalized spacial score (nSPS) is 8.82. The fraction of sp³-hybridized carbons (Fsp3) is 0.833. The van der Waals surface area contributed by atoms with Gasteiger partial charge in [-0.15, -0.1) is 0 Å². The van der Waals surface area contributed by atoms with Gasteiger partial charge >= 0.3 is 5.97 Å². The minimum absolute atomic E-state index is 0.222. The summed E-state index contributed by atoms with van der Waals surface area (Å²) in [4.78, 5) is 17.9. The van der Waals surface area contributed by atoms with Gasteiger partial charge in [0.25, 0.3) is 0 Å². The average Bonchev–Trinajstić information content (AvgIpc) is 2.24. The van der Waals surface area contributed by atoms with E-state index < -0.39 is 5.97 Å². The summed E-state index contributed by atoms with van der Waals surface area (Å²) in [7, 11) is 8.07. The number of hydrogen-bond donors (Lipinski definition) is 1. The molecule has 0 saturated carbocycles. The Morgan fingerprint density at radius 3 is 1.76 bits per heavy atom. The minimum atomic E-state index is -0.745. The second kappa shape index (κ2) is 11.2. The van der Waals surface area contributed by atoms with Gasteiger partial charge in [-0.05, 0) is 6.42 Å². The zero-order valence-electron chi connectivity index (χ0n) is 12.0. The Balaban J connectivity index is 0. The van der Waals surface area contributed by atoms with Crippen molar-refractivity contribution in [2.45, 2.75) is 33.1 Å². The number of carboxylic acids is 1. The molecule has 0 aromatic rings. The lowest BCUT2D eigenvalue weighted by atomic mass is 10.3. The summed E-state index contributed by atoms with van der Waals surface area (Å²) in [5, 5.41) is 7.72. The van der Waals surface area contributed by atoms with Crippen molar-refractivity contribution < 1.29 is 9.90 Å². The lowest BCUT2D eigenvalue weighted by Crippen LogP contribution is -2.35. The van der Waals surface area contributed by atoms with Gasteiger partial charge in [0, 0.05) is 41.2 Å². The molecule has 0 atom stereocenters. The number of rotatable bonds is 4. The largest absolute Gasteiger partial charge is 0.481 e. The second-order valence-electron chi connectivity index (χ2n) is 4.07. The van der Waals surface area contributed by atoms with Gasteiger partial charge in [0.15, 0.2) is 5.96 Å². The maximum atomic E-state index is 9.37. The molecule has 0 amide bonds. The van der Waals surface area contributed by atoms with Crippen molar-refractivity contribution >= 4 is 11.9 Å². The van der Waals surface area contributed by atoms with Crippen LogP contribution in [0.25, 0.3) is 0 Å². The summed E-state index contributed by atoms with van der Waals surface area (Å²) in [6.45, 7) is 4.71. The molecule has 0 heterocycles. The molecule has 0 radical (unpaired) electrons. The van der Waals surface area contributed by atoms with Crippen molar-refractivity contribution in [3.63, 3.8) is 0 Å². The van der Waals surface area contributed by atoms with Crippen LogP contribution in [0.15, 0.2) is 4.99 Å². The van der Waals surface area contributed by atoms with Crippen molar-refractivity contribution in [1.82, 2.24) is 9.80 Å². The fourth-order valence-corrected chi connectivity index (χ4v) is 1.02. The molecule has 102 valence electrons. The van der Waals surface area contributed by atoms with Crippen molar-refractivity contribution in [2.75, 3.05) is 34.7 Å². The maximum Gasteiger partial charge on any atom is 0.303 e. The van der Waals surface area contributed by atoms with Crippen LogP contribution in [0, 0.1) is 0 Å². The van der Waals surface area contributed by atoms with Crippen LogP contribution in [0.3, 0.4) is 0 Å². The highest BCUT2D eigenvalue weighted by molar-refractivity contribution is 5.79. The molecule has 5 heteroatoms. The van der Waals surface area contributed by atoms with Gasteiger partial charge in [-0.25, -0.2) is 0 Å². The smallest absolute Gasteiger partial charge is 0.303 e. The van der Waals surface area contributed by atoms with E-state index in [-0.39, 0.29) is 6.42 Å². The molecule has 5 nitrogen and oxygen atoms in total. The van der Waals surface area contributed by atoms with Crippen LogP contribution in [0.4, 0.5) is 0 Å². The molecule has 0 unspecified atom stereocenters. The molecule has 0 aliphatic carbocycles. The third-order valence-corrected chi connectivity index (χ3v) is 1.87. The quantitative estimate of drug-likeness (QED) is 0.466. The van der Waals surface area contributed by atoms with Gasteiger partial charge in [-0.2, -0.15) is 0 Å². The zero-order chi connectivity index (χ0) is 13.8. The Labute approximate surface area is 105 Å². The Morgan fingerprint density at radius 2 is 1.53 bits per heavy atom. The number of aliphatic carboxylic acids is 1. The lowest BCUT2D eigenvalue weighted by Gasteiger charge is -2.22. The maximum absolute atomic E-state index is 9.37. The standard InChI is InChI=1S/C9H21N3.C3H6O2/c1-6-7-8-10-9(11(2)3)12(4)5;1-2-3(4)5/h6-8H2,1-5H3;2H2,1H3,(H,4,5). The van der Waals surface area contributed by atoms with E-state index in [0.29, 0.717) is 0 Å². The first-order valence-electron chi connectivity index (χ1n) is 5.97. The Hall–Kier alpha value is -1.26. The van der Waals surface area contributed by atoms with Crippen molar-refractivity contribution in [3.05, 3.63) is 0 Å². The molecule has 0 aromatic heterocycles. The molecule has 0 aliphatic rings. The molecule has 0 aliphatic heterocycles. The zero-order valence-corrected chi connectivity index (χ0v) is 12.0. The van der Waals surface area contributed by atoms with Gasteiger partial charge in [-0.1, -0.05) is 20.3 Å². The number of hydrogen-bond acceptors (Lipinski definition) is 2. The highest BCUT2D eigenvalue weighted by Gasteiger charge is 2.02. The molecule has 0 rings (SSSR count). The minimum Gasteiger partial charge on any atom is -0.481 e. The van der Waals surface area contributed by atoms with Crippen molar-refractivity contribution in [2.24, 2.45) is 4.99 Å². The lowest BCUT2D eigenvalue weighted by molar-refractivity contribution is -0.136. The number of aliphatic imine (C=N–C) groups is 1. The number of carboxylic acid groups (broad SMARTS) is 1. The van der Waals surface area contributed by atoms with Crippen LogP contribution in [0.5, 0.6) is 0 Å². The molecule has 0 spiro atoms. The predicted octanol–water partition coefficient (Wildman–Crippen LogP) is 1.75. The topological polar surface area (TPSA) is 56.1 Å². The van der Waals surface area contributed by atoms with Gasteiger partial charge in [0.1, 0.15) is 0 Å². The second-order valence-corrected chi connectivity index (χ2v) is 4.07. The average molecular weight is 245 g/mol. The van der Waals surface area contributed by atoms with E-state index in [9.17, 15) is 4.79 Å². The third-order valence-electron chi connectivity index (χ3n) is 1.87. The van der Waals surface area contributed by atoms with Crippen molar-refractivity contribution in [1.29, 1.82) is 0 Å². The van der Waals surface area contributed by atoms with Crippen LogP contribution in [0.1, 0.15) is 33.1 Å². The molecule has 0 bridgehead atoms. The van der Waals surface area contributed by atoms with E-state index >= 15 is 0 Å². The van der Waals surface area contributed by atoms with E-state index in [1.165, 1.54) is 12.8 Å². The van der Waals surface area contributed by atoms with Gasteiger partial charge in [-0.3, -0.25) is 9.79 Å². The number of nitrogens with zero attached hydrogens (tertiary/aromatic N) is 3. The Kier molecular flexibility index (Phi) is 12.0. The van der Waals surface area contributed by atoms with Crippen LogP contribution in [0.2, 0.25) is 0 Å². The first-order chi connectivity index (χ1) is 7.86. The summed E-state index contributed by atoms with van der Waals surface area (Å²) in [5.74, 6) is 0.299. The number of unbranched alkanes of at least 4 members (excludes halogenated alkanes) is 1.